The third kappa shape index (κ3) is 3.32. The lowest BCUT2D eigenvalue weighted by Gasteiger charge is -2.29. The minimum Gasteiger partial charge on any atom is -0.507 e. The first-order valence-corrected chi connectivity index (χ1v) is 9.66. The van der Waals surface area contributed by atoms with Crippen LogP contribution in [0, 0.1) is 5.92 Å². The van der Waals surface area contributed by atoms with Gasteiger partial charge in [-0.25, -0.2) is 0 Å². The Morgan fingerprint density at radius 1 is 1.07 bits per heavy atom. The molecule has 5 rings (SSSR count). The largest absolute Gasteiger partial charge is 0.507 e. The third-order valence-corrected chi connectivity index (χ3v) is 5.80. The second-order valence-corrected chi connectivity index (χ2v) is 7.73. The van der Waals surface area contributed by atoms with E-state index in [0.717, 1.165) is 23.3 Å². The van der Waals surface area contributed by atoms with Crippen LogP contribution in [0.2, 0.25) is 0 Å². The van der Waals surface area contributed by atoms with Crippen LogP contribution in [-0.2, 0) is 0 Å². The van der Waals surface area contributed by atoms with Crippen molar-refractivity contribution in [3.05, 3.63) is 42.6 Å². The van der Waals surface area contributed by atoms with Crippen LogP contribution >= 0.6 is 0 Å². The Hall–Kier alpha value is -2.73. The van der Waals surface area contributed by atoms with Crippen molar-refractivity contribution in [2.24, 2.45) is 5.92 Å². The van der Waals surface area contributed by atoms with E-state index in [1.54, 1.807) is 12.3 Å². The maximum Gasteiger partial charge on any atom is 0.148 e. The summed E-state index contributed by atoms with van der Waals surface area (Å²) in [6.07, 6.45) is 6.85. The van der Waals surface area contributed by atoms with Crippen LogP contribution in [0.15, 0.2) is 42.6 Å². The minimum atomic E-state index is 0.168. The molecule has 27 heavy (non-hydrogen) atoms. The Morgan fingerprint density at radius 2 is 1.93 bits per heavy atom. The van der Waals surface area contributed by atoms with Crippen molar-refractivity contribution >= 4 is 16.7 Å². The van der Waals surface area contributed by atoms with Gasteiger partial charge in [0.2, 0.25) is 0 Å². The summed E-state index contributed by atoms with van der Waals surface area (Å²) < 4.78 is 0. The van der Waals surface area contributed by atoms with Gasteiger partial charge in [0, 0.05) is 41.8 Å². The summed E-state index contributed by atoms with van der Waals surface area (Å²) >= 11 is 0. The lowest BCUT2D eigenvalue weighted by atomic mass is 9.92. The van der Waals surface area contributed by atoms with Gasteiger partial charge in [0.25, 0.3) is 0 Å². The zero-order valence-corrected chi connectivity index (χ0v) is 15.1. The molecule has 3 aromatic rings. The zero-order valence-electron chi connectivity index (χ0n) is 15.1. The molecule has 0 saturated carbocycles. The number of aromatic hydroxyl groups is 1. The van der Waals surface area contributed by atoms with E-state index in [2.05, 4.69) is 25.8 Å². The van der Waals surface area contributed by atoms with Crippen molar-refractivity contribution in [1.29, 1.82) is 0 Å². The quantitative estimate of drug-likeness (QED) is 0.661. The third-order valence-electron chi connectivity index (χ3n) is 5.80. The molecule has 1 aromatic carbocycles. The Bertz CT molecular complexity index is 946. The first-order chi connectivity index (χ1) is 13.2. The zero-order chi connectivity index (χ0) is 18.2. The second-order valence-electron chi connectivity index (χ2n) is 7.73. The highest BCUT2D eigenvalue weighted by Gasteiger charge is 2.33. The number of phenols is 1. The molecule has 6 heteroatoms. The van der Waals surface area contributed by atoms with Crippen LogP contribution in [0.25, 0.3) is 22.2 Å². The number of anilines is 1. The maximum atomic E-state index is 10.3. The van der Waals surface area contributed by atoms with Gasteiger partial charge in [0.1, 0.15) is 11.6 Å². The number of phenolic OH excluding ortho intramolecular Hbond substituents is 1. The molecule has 2 unspecified atom stereocenters. The van der Waals surface area contributed by atoms with Crippen LogP contribution in [0.3, 0.4) is 0 Å². The van der Waals surface area contributed by atoms with Crippen LogP contribution < -0.4 is 10.6 Å². The molecule has 2 aliphatic rings. The van der Waals surface area contributed by atoms with Gasteiger partial charge >= 0.3 is 0 Å². The average molecular weight is 361 g/mol. The van der Waals surface area contributed by atoms with E-state index in [1.807, 2.05) is 30.3 Å². The number of fused-ring (bicyclic) bond motifs is 3. The highest BCUT2D eigenvalue weighted by Crippen LogP contribution is 2.32. The highest BCUT2D eigenvalue weighted by molar-refractivity contribution is 5.87. The fraction of sp³-hybridized carbons (Fsp3) is 0.381. The van der Waals surface area contributed by atoms with Gasteiger partial charge in [-0.15, -0.1) is 10.2 Å². The van der Waals surface area contributed by atoms with Gasteiger partial charge < -0.3 is 15.7 Å². The molecule has 2 atom stereocenters. The molecule has 2 fully saturated rings. The van der Waals surface area contributed by atoms with Gasteiger partial charge in [-0.3, -0.25) is 4.98 Å². The number of hydrogen-bond donors (Lipinski definition) is 3. The molecule has 4 heterocycles. The first kappa shape index (κ1) is 16.4. The molecule has 6 nitrogen and oxygen atoms in total. The summed E-state index contributed by atoms with van der Waals surface area (Å²) in [7, 11) is 0. The van der Waals surface area contributed by atoms with Crippen molar-refractivity contribution < 1.29 is 5.11 Å². The molecule has 2 aromatic heterocycles. The van der Waals surface area contributed by atoms with Crippen molar-refractivity contribution in [3.63, 3.8) is 0 Å². The summed E-state index contributed by atoms with van der Waals surface area (Å²) in [6.45, 7) is 0.940. The lowest BCUT2D eigenvalue weighted by Crippen LogP contribution is -2.40. The number of rotatable bonds is 4. The number of benzene rings is 1. The Labute approximate surface area is 158 Å². The van der Waals surface area contributed by atoms with E-state index in [9.17, 15) is 5.11 Å². The SMILES string of the molecule is Oc1cc2ncccc2cc1-c1ccc(NCC2CC3CCC(C2)N3)nn1. The Kier molecular flexibility index (Phi) is 4.13. The molecule has 0 aliphatic carbocycles. The molecule has 2 bridgehead atoms. The first-order valence-electron chi connectivity index (χ1n) is 9.66. The van der Waals surface area contributed by atoms with E-state index in [-0.39, 0.29) is 5.75 Å². The topological polar surface area (TPSA) is 83.0 Å². The summed E-state index contributed by atoms with van der Waals surface area (Å²) in [4.78, 5) is 4.26. The summed E-state index contributed by atoms with van der Waals surface area (Å²) in [5.41, 5.74) is 2.09. The van der Waals surface area contributed by atoms with E-state index >= 15 is 0 Å². The minimum absolute atomic E-state index is 0.168. The number of aromatic nitrogens is 3. The van der Waals surface area contributed by atoms with E-state index in [0.29, 0.717) is 29.3 Å². The van der Waals surface area contributed by atoms with E-state index in [1.165, 1.54) is 25.7 Å². The summed E-state index contributed by atoms with van der Waals surface area (Å²) in [5, 5.41) is 27.0. The van der Waals surface area contributed by atoms with Crippen LogP contribution in [0.1, 0.15) is 25.7 Å². The van der Waals surface area contributed by atoms with Gasteiger partial charge in [-0.2, -0.15) is 0 Å². The van der Waals surface area contributed by atoms with E-state index < -0.39 is 0 Å². The van der Waals surface area contributed by atoms with E-state index in [4.69, 9.17) is 0 Å². The highest BCUT2D eigenvalue weighted by atomic mass is 16.3. The standard InChI is InChI=1S/C21H23N5O/c27-20-11-19-14(2-1-7-22-19)10-17(20)18-5-6-21(26-25-18)23-12-13-8-15-3-4-16(9-13)24-15/h1-2,5-7,10-11,13,15-16,24,27H,3-4,8-9,12H2,(H,23,26). The van der Waals surface area contributed by atoms with Gasteiger partial charge in [0.05, 0.1) is 11.2 Å². The molecule has 0 radical (unpaired) electrons. The number of hydrogen-bond acceptors (Lipinski definition) is 6. The molecule has 2 saturated heterocycles. The smallest absolute Gasteiger partial charge is 0.148 e. The normalized spacial score (nSPS) is 24.2. The molecular formula is C21H23N5O. The number of pyridine rings is 1. The Balaban J connectivity index is 1.29. The maximum absolute atomic E-state index is 10.3. The Morgan fingerprint density at radius 3 is 2.70 bits per heavy atom. The van der Waals surface area contributed by atoms with Crippen molar-refractivity contribution in [3.8, 4) is 17.0 Å². The van der Waals surface area contributed by atoms with Crippen molar-refractivity contribution in [2.45, 2.75) is 37.8 Å². The average Bonchev–Trinajstić information content (AvgIpc) is 3.04. The fourth-order valence-electron chi connectivity index (χ4n) is 4.48. The van der Waals surface area contributed by atoms with Gasteiger partial charge in [-0.05, 0) is 55.9 Å². The van der Waals surface area contributed by atoms with Crippen molar-refractivity contribution in [1.82, 2.24) is 20.5 Å². The number of nitrogens with zero attached hydrogens (tertiary/aromatic N) is 3. The predicted octanol–water partition coefficient (Wildman–Crippen LogP) is 3.34. The number of piperidine rings is 1. The molecule has 2 aliphatic heterocycles. The fourth-order valence-corrected chi connectivity index (χ4v) is 4.48. The molecule has 3 N–H and O–H groups in total. The van der Waals surface area contributed by atoms with Crippen molar-refractivity contribution in [2.75, 3.05) is 11.9 Å². The molecule has 138 valence electrons. The molecular weight excluding hydrogens is 338 g/mol. The molecule has 0 spiro atoms. The lowest BCUT2D eigenvalue weighted by molar-refractivity contribution is 0.311. The number of nitrogens with one attached hydrogen (secondary N) is 2. The second kappa shape index (κ2) is 6.78. The van der Waals surface area contributed by atoms with Crippen LogP contribution in [0.5, 0.6) is 5.75 Å². The molecule has 0 amide bonds. The van der Waals surface area contributed by atoms with Crippen LogP contribution in [0.4, 0.5) is 5.82 Å². The monoisotopic (exact) mass is 361 g/mol. The summed E-state index contributed by atoms with van der Waals surface area (Å²) in [6, 6.07) is 12.7. The van der Waals surface area contributed by atoms with Crippen LogP contribution in [-0.4, -0.2) is 38.9 Å². The summed E-state index contributed by atoms with van der Waals surface area (Å²) in [5.74, 6) is 1.65. The predicted molar refractivity (Wildman–Crippen MR) is 106 cm³/mol. The van der Waals surface area contributed by atoms with Gasteiger partial charge in [0.15, 0.2) is 0 Å². The van der Waals surface area contributed by atoms with Gasteiger partial charge in [-0.1, -0.05) is 6.07 Å².